The first-order valence-electron chi connectivity index (χ1n) is 11.2. The minimum atomic E-state index is 0.00972. The third-order valence-corrected chi connectivity index (χ3v) is 6.30. The molecule has 0 spiro atoms. The number of aromatic nitrogens is 4. The minimum absolute atomic E-state index is 0.00972. The van der Waals surface area contributed by atoms with E-state index in [1.165, 1.54) is 35.7 Å². The highest BCUT2D eigenvalue weighted by Gasteiger charge is 2.16. The van der Waals surface area contributed by atoms with Crippen LogP contribution in [0.3, 0.4) is 0 Å². The van der Waals surface area contributed by atoms with E-state index in [1.807, 2.05) is 12.1 Å². The second kappa shape index (κ2) is 10.6. The summed E-state index contributed by atoms with van der Waals surface area (Å²) >= 11 is 1.33. The Bertz CT molecular complexity index is 1220. The van der Waals surface area contributed by atoms with Gasteiger partial charge in [-0.3, -0.25) is 4.79 Å². The van der Waals surface area contributed by atoms with Crippen LogP contribution in [0.5, 0.6) is 0 Å². The molecule has 0 aliphatic carbocycles. The van der Waals surface area contributed by atoms with Gasteiger partial charge in [-0.1, -0.05) is 86.0 Å². The number of carbonyl (C=O) groups excluding carboxylic acids is 1. The van der Waals surface area contributed by atoms with Crippen LogP contribution >= 0.6 is 11.8 Å². The highest BCUT2D eigenvalue weighted by atomic mass is 32.2. The van der Waals surface area contributed by atoms with Gasteiger partial charge in [0.05, 0.1) is 11.3 Å². The molecule has 0 saturated heterocycles. The zero-order valence-electron chi connectivity index (χ0n) is 18.7. The van der Waals surface area contributed by atoms with Crippen LogP contribution in [0, 0.1) is 6.92 Å². The summed E-state index contributed by atoms with van der Waals surface area (Å²) in [6.07, 6.45) is 4.57. The predicted molar refractivity (Wildman–Crippen MR) is 131 cm³/mol. The predicted octanol–water partition coefficient (Wildman–Crippen LogP) is 5.12. The number of para-hydroxylation sites is 1. The Morgan fingerprint density at radius 2 is 1.94 bits per heavy atom. The normalized spacial score (nSPS) is 11.3. The number of hydrogen-bond acceptors (Lipinski definition) is 5. The number of nitrogens with zero attached hydrogens (tertiary/aromatic N) is 4. The van der Waals surface area contributed by atoms with Crippen molar-refractivity contribution in [3.63, 3.8) is 0 Å². The van der Waals surface area contributed by atoms with Crippen molar-refractivity contribution in [2.75, 3.05) is 12.3 Å². The second-order valence-electron chi connectivity index (χ2n) is 8.06. The Morgan fingerprint density at radius 1 is 1.06 bits per heavy atom. The van der Waals surface area contributed by atoms with Crippen LogP contribution < -0.4 is 5.32 Å². The second-order valence-corrected chi connectivity index (χ2v) is 9.00. The Labute approximate surface area is 192 Å². The molecule has 1 N–H and O–H groups in total. The molecule has 0 unspecified atom stereocenters. The summed E-state index contributed by atoms with van der Waals surface area (Å²) in [4.78, 5) is 17.0. The van der Waals surface area contributed by atoms with Crippen molar-refractivity contribution in [2.24, 2.45) is 0 Å². The van der Waals surface area contributed by atoms with Crippen molar-refractivity contribution in [3.05, 3.63) is 59.7 Å². The first-order valence-corrected chi connectivity index (χ1v) is 12.2. The molecule has 0 bridgehead atoms. The van der Waals surface area contributed by atoms with Gasteiger partial charge in [0.1, 0.15) is 5.52 Å². The molecular weight excluding hydrogens is 418 g/mol. The van der Waals surface area contributed by atoms with E-state index in [9.17, 15) is 4.79 Å². The van der Waals surface area contributed by atoms with Crippen molar-refractivity contribution in [2.45, 2.75) is 51.2 Å². The number of benzene rings is 2. The fraction of sp³-hybridized carbons (Fsp3) is 0.360. The van der Waals surface area contributed by atoms with E-state index >= 15 is 0 Å². The van der Waals surface area contributed by atoms with Gasteiger partial charge in [-0.2, -0.15) is 0 Å². The fourth-order valence-corrected chi connectivity index (χ4v) is 4.48. The Balaban J connectivity index is 1.53. The third-order valence-electron chi connectivity index (χ3n) is 5.46. The van der Waals surface area contributed by atoms with E-state index in [0.717, 1.165) is 41.5 Å². The van der Waals surface area contributed by atoms with Crippen molar-refractivity contribution in [1.82, 2.24) is 25.1 Å². The largest absolute Gasteiger partial charge is 0.355 e. The van der Waals surface area contributed by atoms with Gasteiger partial charge in [-0.15, -0.1) is 10.2 Å². The van der Waals surface area contributed by atoms with Gasteiger partial charge in [-0.05, 0) is 25.0 Å². The quantitative estimate of drug-likeness (QED) is 0.270. The lowest BCUT2D eigenvalue weighted by Gasteiger charge is -2.08. The molecule has 6 nitrogen and oxygen atoms in total. The van der Waals surface area contributed by atoms with Crippen LogP contribution in [0.4, 0.5) is 0 Å². The third kappa shape index (κ3) is 5.27. The molecule has 2 aromatic heterocycles. The molecule has 0 atom stereocenters. The van der Waals surface area contributed by atoms with Gasteiger partial charge < -0.3 is 9.88 Å². The number of rotatable bonds is 10. The maximum absolute atomic E-state index is 12.2. The van der Waals surface area contributed by atoms with Crippen LogP contribution in [-0.2, 0) is 11.3 Å². The van der Waals surface area contributed by atoms with Crippen LogP contribution in [0.1, 0.15) is 43.7 Å². The lowest BCUT2D eigenvalue weighted by Crippen LogP contribution is -2.26. The molecule has 166 valence electrons. The van der Waals surface area contributed by atoms with E-state index in [4.69, 9.17) is 4.98 Å². The molecule has 7 heteroatoms. The summed E-state index contributed by atoms with van der Waals surface area (Å²) in [6.45, 7) is 5.71. The van der Waals surface area contributed by atoms with Crippen LogP contribution in [0.2, 0.25) is 0 Å². The molecule has 4 rings (SSSR count). The molecule has 0 fully saturated rings. The van der Waals surface area contributed by atoms with Gasteiger partial charge in [0.15, 0.2) is 5.65 Å². The van der Waals surface area contributed by atoms with Crippen molar-refractivity contribution < 1.29 is 4.79 Å². The Hall–Kier alpha value is -2.93. The topological polar surface area (TPSA) is 72.7 Å². The van der Waals surface area contributed by atoms with Crippen molar-refractivity contribution in [1.29, 1.82) is 0 Å². The zero-order chi connectivity index (χ0) is 22.3. The molecule has 4 aromatic rings. The summed E-state index contributed by atoms with van der Waals surface area (Å²) in [5, 5.41) is 13.3. The van der Waals surface area contributed by atoms with E-state index < -0.39 is 0 Å². The van der Waals surface area contributed by atoms with E-state index in [0.29, 0.717) is 17.5 Å². The maximum atomic E-state index is 12.2. The first kappa shape index (κ1) is 22.3. The van der Waals surface area contributed by atoms with E-state index in [1.54, 1.807) is 0 Å². The monoisotopic (exact) mass is 447 g/mol. The fourth-order valence-electron chi connectivity index (χ4n) is 3.86. The van der Waals surface area contributed by atoms with Crippen LogP contribution in [0.25, 0.3) is 22.1 Å². The molecular formula is C25H29N5OS. The summed E-state index contributed by atoms with van der Waals surface area (Å²) in [5.41, 5.74) is 5.11. The zero-order valence-corrected chi connectivity index (χ0v) is 19.5. The lowest BCUT2D eigenvalue weighted by molar-refractivity contribution is -0.118. The number of carbonyl (C=O) groups is 1. The molecule has 1 amide bonds. The first-order chi connectivity index (χ1) is 15.7. The highest BCUT2D eigenvalue weighted by Crippen LogP contribution is 2.28. The molecule has 0 saturated carbocycles. The summed E-state index contributed by atoms with van der Waals surface area (Å²) < 4.78 is 2.19. The molecule has 0 aliphatic heterocycles. The number of amides is 1. The standard InChI is InChI=1S/C25H29N5OS/c1-3-4-5-8-14-26-22(31)17-32-25-27-24-23(28-29-25)20-12-6-7-13-21(20)30(24)16-19-11-9-10-18(2)15-19/h6-7,9-13,15H,3-5,8,14,16-17H2,1-2H3,(H,26,31). The Morgan fingerprint density at radius 3 is 2.78 bits per heavy atom. The molecule has 2 aromatic carbocycles. The molecule has 32 heavy (non-hydrogen) atoms. The van der Waals surface area contributed by atoms with Crippen LogP contribution in [-0.4, -0.2) is 38.0 Å². The average Bonchev–Trinajstić information content (AvgIpc) is 3.11. The number of thioether (sulfide) groups is 1. The number of fused-ring (bicyclic) bond motifs is 3. The van der Waals surface area contributed by atoms with Gasteiger partial charge in [0.2, 0.25) is 11.1 Å². The molecule has 2 heterocycles. The van der Waals surface area contributed by atoms with Gasteiger partial charge in [0.25, 0.3) is 0 Å². The lowest BCUT2D eigenvalue weighted by atomic mass is 10.1. The molecule has 0 radical (unpaired) electrons. The molecule has 0 aliphatic rings. The summed E-state index contributed by atoms with van der Waals surface area (Å²) in [6, 6.07) is 16.7. The van der Waals surface area contributed by atoms with Gasteiger partial charge in [0, 0.05) is 18.5 Å². The smallest absolute Gasteiger partial charge is 0.230 e. The number of aryl methyl sites for hydroxylation is 1. The number of nitrogens with one attached hydrogen (secondary N) is 1. The number of unbranched alkanes of at least 4 members (excludes halogenated alkanes) is 3. The van der Waals surface area contributed by atoms with Gasteiger partial charge in [-0.25, -0.2) is 4.98 Å². The summed E-state index contributed by atoms with van der Waals surface area (Å²) in [5.74, 6) is 0.300. The highest BCUT2D eigenvalue weighted by molar-refractivity contribution is 7.99. The Kier molecular flexibility index (Phi) is 7.37. The van der Waals surface area contributed by atoms with Crippen molar-refractivity contribution >= 4 is 39.7 Å². The average molecular weight is 448 g/mol. The van der Waals surface area contributed by atoms with Crippen LogP contribution in [0.15, 0.2) is 53.7 Å². The van der Waals surface area contributed by atoms with Gasteiger partial charge >= 0.3 is 0 Å². The maximum Gasteiger partial charge on any atom is 0.230 e. The summed E-state index contributed by atoms with van der Waals surface area (Å²) in [7, 11) is 0. The van der Waals surface area contributed by atoms with E-state index in [-0.39, 0.29) is 5.91 Å². The SMILES string of the molecule is CCCCCCNC(=O)CSc1nnc2c3ccccc3n(Cc3cccc(C)c3)c2n1. The number of hydrogen-bond donors (Lipinski definition) is 1. The van der Waals surface area contributed by atoms with E-state index in [2.05, 4.69) is 70.3 Å². The van der Waals surface area contributed by atoms with Crippen molar-refractivity contribution in [3.8, 4) is 0 Å². The minimum Gasteiger partial charge on any atom is -0.355 e.